The number of carbonyl (C=O) groups excluding carboxylic acids is 3. The molecule has 0 radical (unpaired) electrons. The zero-order valence-corrected chi connectivity index (χ0v) is 16.9. The summed E-state index contributed by atoms with van der Waals surface area (Å²) in [6.07, 6.45) is 7.07. The number of thiocarbonyl (C=S) groups is 1. The van der Waals surface area contributed by atoms with Crippen LogP contribution in [0.1, 0.15) is 26.2 Å². The van der Waals surface area contributed by atoms with E-state index in [9.17, 15) is 18.8 Å². The van der Waals surface area contributed by atoms with Crippen LogP contribution in [0.2, 0.25) is 0 Å². The molecule has 1 aliphatic heterocycles. The molecule has 0 saturated heterocycles. The van der Waals surface area contributed by atoms with E-state index in [-0.39, 0.29) is 36.1 Å². The van der Waals surface area contributed by atoms with Crippen LogP contribution in [-0.4, -0.2) is 53.9 Å². The second kappa shape index (κ2) is 7.79. The molecule has 0 atom stereocenters. The molecule has 0 unspecified atom stereocenters. The highest BCUT2D eigenvalue weighted by Gasteiger charge is 2.58. The number of fused-ring (bicyclic) bond motifs is 1. The van der Waals surface area contributed by atoms with Crippen LogP contribution in [0, 0.1) is 18.2 Å². The zero-order valence-electron chi connectivity index (χ0n) is 16.1. The highest BCUT2D eigenvalue weighted by atomic mass is 32.1. The maximum Gasteiger partial charge on any atom is 0.317 e. The maximum absolute atomic E-state index is 14.8. The van der Waals surface area contributed by atoms with Crippen LogP contribution in [0.25, 0.3) is 0 Å². The molecule has 0 bridgehead atoms. The Morgan fingerprint density at radius 1 is 1.41 bits per heavy atom. The van der Waals surface area contributed by atoms with Gasteiger partial charge in [0.25, 0.3) is 5.91 Å². The number of rotatable bonds is 5. The monoisotopic (exact) mass is 417 g/mol. The SMILES string of the molecule is C#CCN1C(=O)C2(CC2)Oc2cc(F)c(N(C)C(=O)C(=O)N(C=S)CCC)cc21. The number of ether oxygens (including phenoxy) is 1. The molecule has 1 saturated carbocycles. The van der Waals surface area contributed by atoms with Crippen molar-refractivity contribution in [1.29, 1.82) is 0 Å². The van der Waals surface area contributed by atoms with Gasteiger partial charge in [0.15, 0.2) is 11.4 Å². The molecule has 29 heavy (non-hydrogen) atoms. The maximum atomic E-state index is 14.8. The van der Waals surface area contributed by atoms with Gasteiger partial charge in [-0.2, -0.15) is 0 Å². The second-order valence-electron chi connectivity index (χ2n) is 6.93. The van der Waals surface area contributed by atoms with Gasteiger partial charge >= 0.3 is 11.8 Å². The molecule has 1 aromatic rings. The summed E-state index contributed by atoms with van der Waals surface area (Å²) in [6, 6.07) is 2.40. The summed E-state index contributed by atoms with van der Waals surface area (Å²) in [5, 5.41) is 0. The van der Waals surface area contributed by atoms with Crippen LogP contribution >= 0.6 is 12.2 Å². The van der Waals surface area contributed by atoms with E-state index in [4.69, 9.17) is 23.4 Å². The van der Waals surface area contributed by atoms with Crippen molar-refractivity contribution >= 4 is 46.8 Å². The number of terminal acetylenes is 1. The standard InChI is InChI=1S/C20H20FN3O4S/c1-4-8-23(12-29)18(26)17(25)22(3)14-11-15-16(10-13(14)21)28-20(6-7-20)19(27)24(15)9-5-2/h2,10-12H,4,6-9H2,1,3H3. The number of halogens is 1. The molecule has 3 amide bonds. The lowest BCUT2D eigenvalue weighted by Crippen LogP contribution is -2.48. The Balaban J connectivity index is 1.96. The highest BCUT2D eigenvalue weighted by Crippen LogP contribution is 2.50. The predicted octanol–water partition coefficient (Wildman–Crippen LogP) is 1.88. The van der Waals surface area contributed by atoms with Crippen molar-refractivity contribution in [1.82, 2.24) is 4.90 Å². The average Bonchev–Trinajstić information content (AvgIpc) is 3.48. The Kier molecular flexibility index (Phi) is 5.57. The van der Waals surface area contributed by atoms with E-state index in [1.807, 2.05) is 6.92 Å². The van der Waals surface area contributed by atoms with Gasteiger partial charge in [-0.05, 0) is 12.5 Å². The fourth-order valence-corrected chi connectivity index (χ4v) is 3.39. The van der Waals surface area contributed by atoms with Crippen molar-refractivity contribution < 1.29 is 23.5 Å². The van der Waals surface area contributed by atoms with Crippen molar-refractivity contribution in [2.75, 3.05) is 29.9 Å². The fourth-order valence-electron chi connectivity index (χ4n) is 3.19. The number of nitrogens with zero attached hydrogens (tertiary/aromatic N) is 3. The lowest BCUT2D eigenvalue weighted by molar-refractivity contribution is -0.141. The molecular weight excluding hydrogens is 397 g/mol. The third-order valence-electron chi connectivity index (χ3n) is 4.91. The number of amides is 3. The third kappa shape index (κ3) is 3.56. The summed E-state index contributed by atoms with van der Waals surface area (Å²) in [6.45, 7) is 2.09. The van der Waals surface area contributed by atoms with Gasteiger partial charge in [0.2, 0.25) is 0 Å². The van der Waals surface area contributed by atoms with Gasteiger partial charge in [0, 0.05) is 32.5 Å². The summed E-state index contributed by atoms with van der Waals surface area (Å²) in [5.41, 5.74) is 0.203. The van der Waals surface area contributed by atoms with Crippen LogP contribution in [0.15, 0.2) is 12.1 Å². The minimum absolute atomic E-state index is 0.0200. The lowest BCUT2D eigenvalue weighted by Gasteiger charge is -2.34. The van der Waals surface area contributed by atoms with E-state index in [0.29, 0.717) is 19.3 Å². The third-order valence-corrected chi connectivity index (χ3v) is 5.17. The summed E-state index contributed by atoms with van der Waals surface area (Å²) in [4.78, 5) is 41.0. The lowest BCUT2D eigenvalue weighted by atomic mass is 10.1. The Bertz CT molecular complexity index is 938. The molecule has 0 N–H and O–H groups in total. The molecule has 2 aliphatic rings. The molecular formula is C20H20FN3O4S. The zero-order chi connectivity index (χ0) is 21.3. The Labute approximate surface area is 173 Å². The Morgan fingerprint density at radius 2 is 2.10 bits per heavy atom. The minimum atomic E-state index is -0.977. The first-order valence-corrected chi connectivity index (χ1v) is 9.58. The fraction of sp³-hybridized carbons (Fsp3) is 0.400. The van der Waals surface area contributed by atoms with Gasteiger partial charge < -0.3 is 14.5 Å². The van der Waals surface area contributed by atoms with Crippen LogP contribution in [0.3, 0.4) is 0 Å². The molecule has 1 aliphatic carbocycles. The summed E-state index contributed by atoms with van der Waals surface area (Å²) >= 11 is 4.78. The molecule has 1 aromatic carbocycles. The predicted molar refractivity (Wildman–Crippen MR) is 109 cm³/mol. The van der Waals surface area contributed by atoms with Gasteiger partial charge in [0.1, 0.15) is 5.75 Å². The molecule has 1 fully saturated rings. The highest BCUT2D eigenvalue weighted by molar-refractivity contribution is 7.78. The minimum Gasteiger partial charge on any atom is -0.475 e. The van der Waals surface area contributed by atoms with Gasteiger partial charge in [-0.15, -0.1) is 6.42 Å². The van der Waals surface area contributed by atoms with Gasteiger partial charge in [0.05, 0.1) is 23.4 Å². The van der Waals surface area contributed by atoms with Gasteiger partial charge in [-0.3, -0.25) is 19.3 Å². The van der Waals surface area contributed by atoms with Crippen LogP contribution in [0.4, 0.5) is 15.8 Å². The number of anilines is 2. The molecule has 1 spiro atoms. The first-order valence-electron chi connectivity index (χ1n) is 9.11. The number of benzene rings is 1. The van der Waals surface area contributed by atoms with Gasteiger partial charge in [-0.25, -0.2) is 4.39 Å². The average molecular weight is 417 g/mol. The van der Waals surface area contributed by atoms with E-state index in [1.54, 1.807) is 0 Å². The van der Waals surface area contributed by atoms with E-state index in [2.05, 4.69) is 5.92 Å². The summed E-state index contributed by atoms with van der Waals surface area (Å²) < 4.78 is 20.5. The Hall–Kier alpha value is -2.99. The first kappa shape index (κ1) is 20.7. The van der Waals surface area contributed by atoms with Crippen molar-refractivity contribution in [3.8, 4) is 18.1 Å². The van der Waals surface area contributed by atoms with Crippen molar-refractivity contribution in [2.45, 2.75) is 31.8 Å². The summed E-state index contributed by atoms with van der Waals surface area (Å²) in [7, 11) is 1.28. The molecule has 1 heterocycles. The van der Waals surface area contributed by atoms with Gasteiger partial charge in [-0.1, -0.05) is 25.1 Å². The molecule has 0 aromatic heterocycles. The number of likely N-dealkylation sites (N-methyl/N-ethyl adjacent to an activating group) is 1. The first-order chi connectivity index (χ1) is 13.8. The molecule has 3 rings (SSSR count). The number of hydrogen-bond donors (Lipinski definition) is 0. The quantitative estimate of drug-likeness (QED) is 0.416. The van der Waals surface area contributed by atoms with Crippen LogP contribution in [0.5, 0.6) is 5.75 Å². The summed E-state index contributed by atoms with van der Waals surface area (Å²) in [5.74, 6) is -0.285. The molecule has 7 nitrogen and oxygen atoms in total. The normalized spacial score (nSPS) is 15.8. The topological polar surface area (TPSA) is 70.2 Å². The smallest absolute Gasteiger partial charge is 0.317 e. The van der Waals surface area contributed by atoms with E-state index >= 15 is 0 Å². The van der Waals surface area contributed by atoms with Crippen LogP contribution < -0.4 is 14.5 Å². The van der Waals surface area contributed by atoms with Crippen molar-refractivity contribution in [3.63, 3.8) is 0 Å². The molecule has 152 valence electrons. The van der Waals surface area contributed by atoms with Crippen molar-refractivity contribution in [3.05, 3.63) is 17.9 Å². The van der Waals surface area contributed by atoms with E-state index in [0.717, 1.165) is 21.4 Å². The number of carbonyl (C=O) groups is 3. The van der Waals surface area contributed by atoms with Crippen LogP contribution in [-0.2, 0) is 14.4 Å². The largest absolute Gasteiger partial charge is 0.475 e. The second-order valence-corrected chi connectivity index (χ2v) is 7.14. The van der Waals surface area contributed by atoms with Crippen molar-refractivity contribution in [2.24, 2.45) is 0 Å². The molecule has 9 heteroatoms. The van der Waals surface area contributed by atoms with E-state index in [1.165, 1.54) is 18.0 Å². The number of hydrogen-bond acceptors (Lipinski definition) is 5. The van der Waals surface area contributed by atoms with E-state index < -0.39 is 23.2 Å². The Morgan fingerprint density at radius 3 is 2.66 bits per heavy atom.